The number of aryl methyl sites for hydroxylation is 4. The summed E-state index contributed by atoms with van der Waals surface area (Å²) in [5, 5.41) is 7.90. The van der Waals surface area contributed by atoms with Crippen LogP contribution in [0.1, 0.15) is 34.0 Å². The Hall–Kier alpha value is -2.04. The third-order valence-electron chi connectivity index (χ3n) is 2.90. The van der Waals surface area contributed by atoms with Crippen molar-refractivity contribution in [1.82, 2.24) is 19.7 Å². The molecule has 2 aromatic heterocycles. The summed E-state index contributed by atoms with van der Waals surface area (Å²) in [5.74, 6) is 1.01. The molecule has 0 saturated heterocycles. The standard InChI is InChI=1S/C13H16N4O/c1-9-8-11(10(2)16-15-9)12(18)4-5-13-14-6-7-17(13)3/h6-8H,4-5H2,1-3H3. The van der Waals surface area contributed by atoms with Crippen LogP contribution in [0.4, 0.5) is 0 Å². The second-order valence-corrected chi connectivity index (χ2v) is 4.36. The number of rotatable bonds is 4. The van der Waals surface area contributed by atoms with Gasteiger partial charge in [-0.2, -0.15) is 10.2 Å². The molecule has 2 heterocycles. The second-order valence-electron chi connectivity index (χ2n) is 4.36. The molecule has 94 valence electrons. The second kappa shape index (κ2) is 5.08. The molecule has 0 spiro atoms. The fourth-order valence-corrected chi connectivity index (χ4v) is 1.83. The number of nitrogens with zero attached hydrogens (tertiary/aromatic N) is 4. The molecule has 0 aromatic carbocycles. The molecular formula is C13H16N4O. The third kappa shape index (κ3) is 2.61. The predicted molar refractivity (Wildman–Crippen MR) is 67.4 cm³/mol. The van der Waals surface area contributed by atoms with Crippen molar-refractivity contribution in [2.24, 2.45) is 7.05 Å². The average Bonchev–Trinajstić information content (AvgIpc) is 2.75. The summed E-state index contributed by atoms with van der Waals surface area (Å²) in [4.78, 5) is 16.3. The van der Waals surface area contributed by atoms with Crippen molar-refractivity contribution in [1.29, 1.82) is 0 Å². The molecule has 0 N–H and O–H groups in total. The van der Waals surface area contributed by atoms with E-state index in [9.17, 15) is 4.79 Å². The van der Waals surface area contributed by atoms with Crippen molar-refractivity contribution in [3.63, 3.8) is 0 Å². The molecule has 0 aliphatic carbocycles. The Labute approximate surface area is 106 Å². The van der Waals surface area contributed by atoms with Gasteiger partial charge in [-0.25, -0.2) is 4.98 Å². The van der Waals surface area contributed by atoms with E-state index in [0.29, 0.717) is 24.1 Å². The first-order valence-electron chi connectivity index (χ1n) is 5.88. The third-order valence-corrected chi connectivity index (χ3v) is 2.90. The number of aromatic nitrogens is 4. The van der Waals surface area contributed by atoms with E-state index in [-0.39, 0.29) is 5.78 Å². The van der Waals surface area contributed by atoms with Crippen molar-refractivity contribution in [3.8, 4) is 0 Å². The van der Waals surface area contributed by atoms with Crippen LogP contribution in [-0.4, -0.2) is 25.5 Å². The summed E-state index contributed by atoms with van der Waals surface area (Å²) < 4.78 is 1.93. The quantitative estimate of drug-likeness (QED) is 0.767. The summed E-state index contributed by atoms with van der Waals surface area (Å²) in [7, 11) is 1.93. The first kappa shape index (κ1) is 12.4. The number of Topliss-reactive ketones (excluding diaryl/α,β-unsaturated/α-hetero) is 1. The van der Waals surface area contributed by atoms with Crippen LogP contribution in [0.5, 0.6) is 0 Å². The first-order valence-corrected chi connectivity index (χ1v) is 5.88. The maximum absolute atomic E-state index is 12.1. The topological polar surface area (TPSA) is 60.7 Å². The number of imidazole rings is 1. The molecule has 5 heteroatoms. The zero-order valence-electron chi connectivity index (χ0n) is 10.8. The van der Waals surface area contributed by atoms with Crippen molar-refractivity contribution >= 4 is 5.78 Å². The molecule has 0 aliphatic rings. The van der Waals surface area contributed by atoms with Gasteiger partial charge in [0, 0.05) is 37.8 Å². The number of ketones is 1. The van der Waals surface area contributed by atoms with Gasteiger partial charge in [-0.3, -0.25) is 4.79 Å². The van der Waals surface area contributed by atoms with E-state index in [1.165, 1.54) is 0 Å². The molecule has 0 amide bonds. The molecule has 0 bridgehead atoms. The number of carbonyl (C=O) groups excluding carboxylic acids is 1. The van der Waals surface area contributed by atoms with E-state index in [1.807, 2.05) is 24.7 Å². The molecule has 0 atom stereocenters. The molecule has 0 radical (unpaired) electrons. The Morgan fingerprint density at radius 1 is 1.33 bits per heavy atom. The monoisotopic (exact) mass is 244 g/mol. The Morgan fingerprint density at radius 3 is 2.78 bits per heavy atom. The van der Waals surface area contributed by atoms with Gasteiger partial charge in [0.05, 0.1) is 11.4 Å². The number of hydrogen-bond acceptors (Lipinski definition) is 4. The van der Waals surface area contributed by atoms with Crippen molar-refractivity contribution in [2.75, 3.05) is 0 Å². The molecule has 2 rings (SSSR count). The van der Waals surface area contributed by atoms with Crippen LogP contribution < -0.4 is 0 Å². The van der Waals surface area contributed by atoms with Gasteiger partial charge in [-0.05, 0) is 19.9 Å². The highest BCUT2D eigenvalue weighted by Gasteiger charge is 2.12. The smallest absolute Gasteiger partial charge is 0.165 e. The van der Waals surface area contributed by atoms with Crippen LogP contribution in [-0.2, 0) is 13.5 Å². The summed E-state index contributed by atoms with van der Waals surface area (Å²) in [6, 6.07) is 1.79. The van der Waals surface area contributed by atoms with Gasteiger partial charge in [0.15, 0.2) is 5.78 Å². The number of carbonyl (C=O) groups is 1. The van der Waals surface area contributed by atoms with Gasteiger partial charge in [0.25, 0.3) is 0 Å². The first-order chi connectivity index (χ1) is 8.58. The molecule has 18 heavy (non-hydrogen) atoms. The zero-order chi connectivity index (χ0) is 13.1. The molecule has 0 fully saturated rings. The molecule has 0 unspecified atom stereocenters. The molecule has 0 aliphatic heterocycles. The van der Waals surface area contributed by atoms with Crippen molar-refractivity contribution in [3.05, 3.63) is 41.2 Å². The largest absolute Gasteiger partial charge is 0.338 e. The highest BCUT2D eigenvalue weighted by molar-refractivity contribution is 5.97. The lowest BCUT2D eigenvalue weighted by molar-refractivity contribution is 0.0980. The van der Waals surface area contributed by atoms with E-state index in [4.69, 9.17) is 0 Å². The van der Waals surface area contributed by atoms with Gasteiger partial charge < -0.3 is 4.57 Å². The average molecular weight is 244 g/mol. The van der Waals surface area contributed by atoms with E-state index in [1.54, 1.807) is 19.2 Å². The number of hydrogen-bond donors (Lipinski definition) is 0. The lowest BCUT2D eigenvalue weighted by Gasteiger charge is -2.05. The minimum absolute atomic E-state index is 0.0912. The maximum atomic E-state index is 12.1. The zero-order valence-corrected chi connectivity index (χ0v) is 10.8. The Balaban J connectivity index is 2.08. The van der Waals surface area contributed by atoms with Crippen LogP contribution in [0.25, 0.3) is 0 Å². The molecule has 2 aromatic rings. The highest BCUT2D eigenvalue weighted by Crippen LogP contribution is 2.10. The van der Waals surface area contributed by atoms with E-state index >= 15 is 0 Å². The summed E-state index contributed by atoms with van der Waals surface area (Å²) in [6.45, 7) is 3.64. The Kier molecular flexibility index (Phi) is 3.50. The van der Waals surface area contributed by atoms with E-state index in [2.05, 4.69) is 15.2 Å². The van der Waals surface area contributed by atoms with E-state index in [0.717, 1.165) is 11.5 Å². The maximum Gasteiger partial charge on any atom is 0.165 e. The summed E-state index contributed by atoms with van der Waals surface area (Å²) >= 11 is 0. The van der Waals surface area contributed by atoms with Crippen LogP contribution in [0.3, 0.4) is 0 Å². The fraction of sp³-hybridized carbons (Fsp3) is 0.385. The fourth-order valence-electron chi connectivity index (χ4n) is 1.83. The van der Waals surface area contributed by atoms with Crippen LogP contribution in [0.15, 0.2) is 18.5 Å². The summed E-state index contributed by atoms with van der Waals surface area (Å²) in [6.07, 6.45) is 4.70. The van der Waals surface area contributed by atoms with Crippen molar-refractivity contribution < 1.29 is 4.79 Å². The summed E-state index contributed by atoms with van der Waals surface area (Å²) in [5.41, 5.74) is 2.11. The van der Waals surface area contributed by atoms with Crippen LogP contribution >= 0.6 is 0 Å². The molecule has 5 nitrogen and oxygen atoms in total. The lowest BCUT2D eigenvalue weighted by atomic mass is 10.1. The Morgan fingerprint density at radius 2 is 2.11 bits per heavy atom. The van der Waals surface area contributed by atoms with Gasteiger partial charge in [-0.1, -0.05) is 0 Å². The van der Waals surface area contributed by atoms with Crippen LogP contribution in [0.2, 0.25) is 0 Å². The van der Waals surface area contributed by atoms with Crippen LogP contribution in [0, 0.1) is 13.8 Å². The normalized spacial score (nSPS) is 10.6. The molecular weight excluding hydrogens is 228 g/mol. The van der Waals surface area contributed by atoms with Gasteiger partial charge in [0.2, 0.25) is 0 Å². The molecule has 0 saturated carbocycles. The SMILES string of the molecule is Cc1cc(C(=O)CCc2nccn2C)c(C)nn1. The van der Waals surface area contributed by atoms with Gasteiger partial charge in [0.1, 0.15) is 5.82 Å². The van der Waals surface area contributed by atoms with Gasteiger partial charge >= 0.3 is 0 Å². The Bertz CT molecular complexity index is 574. The minimum Gasteiger partial charge on any atom is -0.338 e. The van der Waals surface area contributed by atoms with Crippen molar-refractivity contribution in [2.45, 2.75) is 26.7 Å². The minimum atomic E-state index is 0.0912. The predicted octanol–water partition coefficient (Wildman–Crippen LogP) is 1.64. The lowest BCUT2D eigenvalue weighted by Crippen LogP contribution is -2.08. The highest BCUT2D eigenvalue weighted by atomic mass is 16.1. The van der Waals surface area contributed by atoms with E-state index < -0.39 is 0 Å². The van der Waals surface area contributed by atoms with Gasteiger partial charge in [-0.15, -0.1) is 0 Å².